The lowest BCUT2D eigenvalue weighted by Gasteiger charge is -2.28. The van der Waals surface area contributed by atoms with Crippen molar-refractivity contribution >= 4 is 29.9 Å². The summed E-state index contributed by atoms with van der Waals surface area (Å²) in [7, 11) is 3.83. The van der Waals surface area contributed by atoms with Crippen LogP contribution in [0.1, 0.15) is 42.7 Å². The molecule has 2 aliphatic rings. The summed E-state index contributed by atoms with van der Waals surface area (Å²) >= 11 is 0. The molecule has 1 unspecified atom stereocenters. The van der Waals surface area contributed by atoms with Crippen molar-refractivity contribution in [3.8, 4) is 5.75 Å². The van der Waals surface area contributed by atoms with E-state index in [1.807, 2.05) is 31.0 Å². The van der Waals surface area contributed by atoms with Gasteiger partial charge in [-0.3, -0.25) is 9.67 Å². The minimum absolute atomic E-state index is 0. The van der Waals surface area contributed by atoms with Gasteiger partial charge in [-0.15, -0.1) is 24.0 Å². The largest absolute Gasteiger partial charge is 0.490 e. The second-order valence-electron chi connectivity index (χ2n) is 7.56. The third kappa shape index (κ3) is 4.79. The maximum atomic E-state index is 6.15. The molecule has 1 aromatic carbocycles. The number of hydrogen-bond acceptors (Lipinski definition) is 3. The minimum Gasteiger partial charge on any atom is -0.490 e. The van der Waals surface area contributed by atoms with Crippen LogP contribution in [0, 0.1) is 0 Å². The molecule has 1 saturated carbocycles. The van der Waals surface area contributed by atoms with Gasteiger partial charge in [0.25, 0.3) is 0 Å². The van der Waals surface area contributed by atoms with Gasteiger partial charge in [-0.2, -0.15) is 5.10 Å². The first-order chi connectivity index (χ1) is 13.2. The van der Waals surface area contributed by atoms with E-state index < -0.39 is 0 Å². The van der Waals surface area contributed by atoms with E-state index in [-0.39, 0.29) is 24.0 Å². The second kappa shape index (κ2) is 9.62. The number of ether oxygens (including phenoxy) is 1. The van der Waals surface area contributed by atoms with Crippen LogP contribution in [0.15, 0.2) is 41.7 Å². The SMILES string of the molecule is CN=C(NCc1ccccc1OC1CCC1)N1CCC(c2cnn(C)c2)C1.I. The van der Waals surface area contributed by atoms with E-state index in [1.54, 1.807) is 0 Å². The van der Waals surface area contributed by atoms with Crippen LogP contribution in [0.4, 0.5) is 0 Å². The molecular weight excluding hydrogens is 465 g/mol. The van der Waals surface area contributed by atoms with Gasteiger partial charge < -0.3 is 15.0 Å². The van der Waals surface area contributed by atoms with Crippen molar-refractivity contribution in [1.29, 1.82) is 0 Å². The minimum atomic E-state index is 0. The van der Waals surface area contributed by atoms with Crippen molar-refractivity contribution in [3.05, 3.63) is 47.8 Å². The van der Waals surface area contributed by atoms with Crippen molar-refractivity contribution in [1.82, 2.24) is 20.0 Å². The Bertz CT molecular complexity index is 802. The maximum Gasteiger partial charge on any atom is 0.193 e. The van der Waals surface area contributed by atoms with E-state index in [4.69, 9.17) is 4.74 Å². The van der Waals surface area contributed by atoms with E-state index in [2.05, 4.69) is 44.7 Å². The Balaban J connectivity index is 0.00000225. The standard InChI is InChI=1S/C21H29N5O.HI/c1-22-21(26-11-10-17(15-26)18-13-24-25(2)14-18)23-12-16-6-3-4-9-20(16)27-19-7-5-8-19;/h3-4,6,9,13-14,17,19H,5,7-8,10-12,15H2,1-2H3,(H,22,23);1H. The molecule has 2 aromatic rings. The van der Waals surface area contributed by atoms with Gasteiger partial charge >= 0.3 is 0 Å². The van der Waals surface area contributed by atoms with Crippen molar-refractivity contribution in [2.24, 2.45) is 12.0 Å². The van der Waals surface area contributed by atoms with Crippen molar-refractivity contribution in [2.45, 2.75) is 44.2 Å². The molecule has 4 rings (SSSR count). The van der Waals surface area contributed by atoms with Crippen LogP contribution in [0.25, 0.3) is 0 Å². The van der Waals surface area contributed by atoms with Gasteiger partial charge in [-0.25, -0.2) is 0 Å². The number of likely N-dealkylation sites (tertiary alicyclic amines) is 1. The highest BCUT2D eigenvalue weighted by Crippen LogP contribution is 2.28. The van der Waals surface area contributed by atoms with E-state index in [0.717, 1.165) is 37.8 Å². The monoisotopic (exact) mass is 495 g/mol. The highest BCUT2D eigenvalue weighted by Gasteiger charge is 2.27. The first-order valence-corrected chi connectivity index (χ1v) is 9.91. The fourth-order valence-corrected chi connectivity index (χ4v) is 3.82. The quantitative estimate of drug-likeness (QED) is 0.392. The molecule has 6 nitrogen and oxygen atoms in total. The molecule has 7 heteroatoms. The van der Waals surface area contributed by atoms with Crippen LogP contribution >= 0.6 is 24.0 Å². The first kappa shape index (κ1) is 21.0. The highest BCUT2D eigenvalue weighted by molar-refractivity contribution is 14.0. The Morgan fingerprint density at radius 3 is 2.79 bits per heavy atom. The van der Waals surface area contributed by atoms with Crippen LogP contribution in [-0.4, -0.2) is 46.9 Å². The molecule has 0 amide bonds. The Morgan fingerprint density at radius 2 is 2.11 bits per heavy atom. The van der Waals surface area contributed by atoms with Gasteiger partial charge in [0.1, 0.15) is 5.75 Å². The third-order valence-corrected chi connectivity index (χ3v) is 5.65. The number of aromatic nitrogens is 2. The van der Waals surface area contributed by atoms with E-state index >= 15 is 0 Å². The summed E-state index contributed by atoms with van der Waals surface area (Å²) in [5, 5.41) is 7.84. The van der Waals surface area contributed by atoms with Gasteiger partial charge in [0.05, 0.1) is 12.3 Å². The van der Waals surface area contributed by atoms with E-state index in [1.165, 1.54) is 30.4 Å². The molecule has 1 aliphatic carbocycles. The zero-order valence-electron chi connectivity index (χ0n) is 16.7. The number of benzene rings is 1. The smallest absolute Gasteiger partial charge is 0.193 e. The predicted molar refractivity (Wildman–Crippen MR) is 122 cm³/mol. The molecule has 2 fully saturated rings. The molecular formula is C21H30IN5O. The molecule has 2 heterocycles. The Labute approximate surface area is 184 Å². The summed E-state index contributed by atoms with van der Waals surface area (Å²) < 4.78 is 8.03. The predicted octanol–water partition coefficient (Wildman–Crippen LogP) is 3.53. The average molecular weight is 495 g/mol. The number of para-hydroxylation sites is 1. The molecule has 0 spiro atoms. The Kier molecular flexibility index (Phi) is 7.20. The lowest BCUT2D eigenvalue weighted by Crippen LogP contribution is -2.39. The van der Waals surface area contributed by atoms with Gasteiger partial charge in [0.15, 0.2) is 5.96 Å². The molecule has 1 saturated heterocycles. The number of guanidine groups is 1. The summed E-state index contributed by atoms with van der Waals surface area (Å²) in [6.45, 7) is 2.72. The van der Waals surface area contributed by atoms with Crippen LogP contribution in [0.2, 0.25) is 0 Å². The fourth-order valence-electron chi connectivity index (χ4n) is 3.82. The summed E-state index contributed by atoms with van der Waals surface area (Å²) in [4.78, 5) is 6.85. The van der Waals surface area contributed by atoms with Crippen LogP contribution < -0.4 is 10.1 Å². The van der Waals surface area contributed by atoms with Gasteiger partial charge in [0.2, 0.25) is 0 Å². The molecule has 1 aromatic heterocycles. The summed E-state index contributed by atoms with van der Waals surface area (Å²) in [5.74, 6) is 2.48. The number of nitrogens with zero attached hydrogens (tertiary/aromatic N) is 4. The van der Waals surface area contributed by atoms with Crippen LogP contribution in [0.5, 0.6) is 5.75 Å². The number of aliphatic imine (C=N–C) groups is 1. The second-order valence-corrected chi connectivity index (χ2v) is 7.56. The molecule has 1 aliphatic heterocycles. The number of nitrogens with one attached hydrogen (secondary N) is 1. The summed E-state index contributed by atoms with van der Waals surface area (Å²) in [6, 6.07) is 8.33. The topological polar surface area (TPSA) is 54.7 Å². The average Bonchev–Trinajstić information content (AvgIpc) is 3.29. The number of rotatable bonds is 5. The number of hydrogen-bond donors (Lipinski definition) is 1. The van der Waals surface area contributed by atoms with Gasteiger partial charge in [-0.05, 0) is 37.3 Å². The molecule has 0 bridgehead atoms. The zero-order valence-corrected chi connectivity index (χ0v) is 19.0. The van der Waals surface area contributed by atoms with E-state index in [0.29, 0.717) is 12.0 Å². The summed E-state index contributed by atoms with van der Waals surface area (Å²) in [6.07, 6.45) is 9.26. The molecule has 28 heavy (non-hydrogen) atoms. The molecule has 152 valence electrons. The van der Waals surface area contributed by atoms with Crippen LogP contribution in [-0.2, 0) is 13.6 Å². The number of aryl methyl sites for hydroxylation is 1. The van der Waals surface area contributed by atoms with Crippen molar-refractivity contribution in [2.75, 3.05) is 20.1 Å². The zero-order chi connectivity index (χ0) is 18.6. The van der Waals surface area contributed by atoms with Crippen LogP contribution in [0.3, 0.4) is 0 Å². The fraction of sp³-hybridized carbons (Fsp3) is 0.524. The Morgan fingerprint density at radius 1 is 1.29 bits per heavy atom. The molecule has 0 radical (unpaired) electrons. The first-order valence-electron chi connectivity index (χ1n) is 9.91. The molecule has 1 atom stereocenters. The van der Waals surface area contributed by atoms with Crippen molar-refractivity contribution < 1.29 is 4.74 Å². The van der Waals surface area contributed by atoms with Gasteiger partial charge in [0, 0.05) is 51.4 Å². The lowest BCUT2D eigenvalue weighted by atomic mass is 9.96. The third-order valence-electron chi connectivity index (χ3n) is 5.65. The Hall–Kier alpha value is -1.77. The van der Waals surface area contributed by atoms with Crippen molar-refractivity contribution in [3.63, 3.8) is 0 Å². The number of halogens is 1. The van der Waals surface area contributed by atoms with E-state index in [9.17, 15) is 0 Å². The maximum absolute atomic E-state index is 6.15. The summed E-state index contributed by atoms with van der Waals surface area (Å²) in [5.41, 5.74) is 2.50. The molecule has 1 N–H and O–H groups in total. The highest BCUT2D eigenvalue weighted by atomic mass is 127. The lowest BCUT2D eigenvalue weighted by molar-refractivity contribution is 0.119. The van der Waals surface area contributed by atoms with Gasteiger partial charge in [-0.1, -0.05) is 18.2 Å². The normalized spacial score (nSPS) is 19.9.